The first kappa shape index (κ1) is 25.3. The van der Waals surface area contributed by atoms with Gasteiger partial charge in [-0.05, 0) is 46.6 Å². The molecule has 0 heterocycles. The summed E-state index contributed by atoms with van der Waals surface area (Å²) in [5.41, 5.74) is 0.230. The molecule has 30 heavy (non-hydrogen) atoms. The third kappa shape index (κ3) is 7.57. The molecule has 1 aromatic carbocycles. The molecule has 3 N–H and O–H groups in total. The van der Waals surface area contributed by atoms with Gasteiger partial charge in [0.1, 0.15) is 23.9 Å². The second-order valence-corrected chi connectivity index (χ2v) is 8.47. The number of nitrogens with zero attached hydrogens (tertiary/aromatic N) is 1. The van der Waals surface area contributed by atoms with Gasteiger partial charge in [0.05, 0.1) is 0 Å². The van der Waals surface area contributed by atoms with E-state index in [0.29, 0.717) is 11.1 Å². The Kier molecular flexibility index (Phi) is 9.14. The lowest BCUT2D eigenvalue weighted by Gasteiger charge is -2.30. The summed E-state index contributed by atoms with van der Waals surface area (Å²) < 4.78 is 5.13. The highest BCUT2D eigenvalue weighted by Gasteiger charge is 2.32. The van der Waals surface area contributed by atoms with Crippen molar-refractivity contribution in [3.8, 4) is 5.75 Å². The van der Waals surface area contributed by atoms with Crippen LogP contribution in [0.3, 0.4) is 0 Å². The van der Waals surface area contributed by atoms with Crippen LogP contribution >= 0.6 is 0 Å². The Hall–Kier alpha value is -2.77. The largest absolute Gasteiger partial charge is 0.507 e. The second-order valence-electron chi connectivity index (χ2n) is 8.47. The number of para-hydroxylation sites is 1. The topological polar surface area (TPSA) is 108 Å². The summed E-state index contributed by atoms with van der Waals surface area (Å²) >= 11 is 0. The minimum absolute atomic E-state index is 0.0412. The normalized spacial score (nSPS) is 13.2. The molecule has 2 atom stereocenters. The average Bonchev–Trinajstić information content (AvgIpc) is 2.62. The van der Waals surface area contributed by atoms with E-state index in [1.807, 2.05) is 13.8 Å². The number of benzene rings is 1. The van der Waals surface area contributed by atoms with Crippen LogP contribution in [0.1, 0.15) is 64.6 Å². The number of hydrogen-bond donors (Lipinski definition) is 3. The van der Waals surface area contributed by atoms with Crippen LogP contribution in [0.25, 0.3) is 0 Å². The van der Waals surface area contributed by atoms with Gasteiger partial charge in [0, 0.05) is 18.7 Å². The Balaban J connectivity index is 3.05. The number of hydrogen-bond acceptors (Lipinski definition) is 5. The smallest absolute Gasteiger partial charge is 0.408 e. The minimum Gasteiger partial charge on any atom is -0.507 e. The highest BCUT2D eigenvalue weighted by atomic mass is 16.6. The number of rotatable bonds is 8. The Bertz CT molecular complexity index is 758. The first-order chi connectivity index (χ1) is 13.9. The lowest BCUT2D eigenvalue weighted by molar-refractivity contribution is -0.139. The number of carbonyl (C=O) groups excluding carboxylic acids is 3. The Morgan fingerprint density at radius 3 is 2.43 bits per heavy atom. The van der Waals surface area contributed by atoms with Gasteiger partial charge < -0.3 is 25.4 Å². The van der Waals surface area contributed by atoms with Gasteiger partial charge in [-0.3, -0.25) is 9.59 Å². The maximum absolute atomic E-state index is 13.0. The minimum atomic E-state index is -1.04. The number of carbonyl (C=O) groups is 3. The highest BCUT2D eigenvalue weighted by molar-refractivity contribution is 5.91. The molecular formula is C22H35N3O5. The first-order valence-electron chi connectivity index (χ1n) is 10.2. The molecule has 0 aliphatic heterocycles. The number of nitrogens with one attached hydrogen (secondary N) is 2. The molecule has 2 unspecified atom stereocenters. The molecule has 0 saturated carbocycles. The van der Waals surface area contributed by atoms with Gasteiger partial charge in [-0.25, -0.2) is 4.79 Å². The summed E-state index contributed by atoms with van der Waals surface area (Å²) in [5, 5.41) is 15.8. The van der Waals surface area contributed by atoms with Gasteiger partial charge in [0.15, 0.2) is 0 Å². The molecule has 0 spiro atoms. The average molecular weight is 422 g/mol. The van der Waals surface area contributed by atoms with E-state index in [2.05, 4.69) is 10.6 Å². The van der Waals surface area contributed by atoms with Crippen LogP contribution in [0, 0.1) is 6.92 Å². The van der Waals surface area contributed by atoms with E-state index < -0.39 is 29.6 Å². The molecule has 0 aromatic heterocycles. The second kappa shape index (κ2) is 10.8. The van der Waals surface area contributed by atoms with E-state index in [4.69, 9.17) is 4.74 Å². The highest BCUT2D eigenvalue weighted by Crippen LogP contribution is 2.31. The molecule has 1 rings (SSSR count). The number of ether oxygens (including phenoxy) is 1. The molecule has 0 fully saturated rings. The molecule has 0 radical (unpaired) electrons. The summed E-state index contributed by atoms with van der Waals surface area (Å²) in [4.78, 5) is 38.8. The number of aromatic hydroxyl groups is 1. The number of phenolic OH excluding ortho intramolecular Hbond substituents is 1. The van der Waals surface area contributed by atoms with Crippen LogP contribution in [0.5, 0.6) is 5.75 Å². The zero-order valence-electron chi connectivity index (χ0n) is 19.0. The van der Waals surface area contributed by atoms with Crippen LogP contribution < -0.4 is 10.6 Å². The summed E-state index contributed by atoms with van der Waals surface area (Å²) in [7, 11) is 1.47. The number of phenols is 1. The van der Waals surface area contributed by atoms with Gasteiger partial charge >= 0.3 is 6.09 Å². The van der Waals surface area contributed by atoms with Crippen molar-refractivity contribution in [1.29, 1.82) is 0 Å². The first-order valence-corrected chi connectivity index (χ1v) is 10.2. The molecule has 0 aliphatic carbocycles. The van der Waals surface area contributed by atoms with Crippen molar-refractivity contribution in [3.63, 3.8) is 0 Å². The van der Waals surface area contributed by atoms with E-state index in [1.165, 1.54) is 11.9 Å². The van der Waals surface area contributed by atoms with Crippen molar-refractivity contribution in [2.45, 2.75) is 72.1 Å². The summed E-state index contributed by atoms with van der Waals surface area (Å²) in [6.07, 6.45) is 0.965. The maximum atomic E-state index is 13.0. The van der Waals surface area contributed by atoms with Crippen molar-refractivity contribution in [3.05, 3.63) is 29.3 Å². The molecule has 0 saturated heterocycles. The number of aryl methyl sites for hydroxylation is 1. The molecule has 3 amide bonds. The predicted molar refractivity (Wildman–Crippen MR) is 115 cm³/mol. The molecule has 8 nitrogen and oxygen atoms in total. The standard InChI is InChI=1S/C22H35N3O5/c1-8-10-15(3)24-20(28)18(16-12-9-11-14(2)19(16)27)25(7)17(26)13-23-21(29)30-22(4,5)6/h9,11-12,15,18,27H,8,10,13H2,1-7H3,(H,23,29)(H,24,28). The molecule has 0 bridgehead atoms. The van der Waals surface area contributed by atoms with Gasteiger partial charge in [-0.2, -0.15) is 0 Å². The zero-order valence-corrected chi connectivity index (χ0v) is 19.0. The summed E-state index contributed by atoms with van der Waals surface area (Å²) in [6.45, 7) is 10.5. The predicted octanol–water partition coefficient (Wildman–Crippen LogP) is 3.03. The van der Waals surface area contributed by atoms with Crippen molar-refractivity contribution in [2.75, 3.05) is 13.6 Å². The Morgan fingerprint density at radius 1 is 1.23 bits per heavy atom. The van der Waals surface area contributed by atoms with E-state index in [-0.39, 0.29) is 18.3 Å². The fourth-order valence-electron chi connectivity index (χ4n) is 2.99. The molecular weight excluding hydrogens is 386 g/mol. The van der Waals surface area contributed by atoms with Gasteiger partial charge in [0.2, 0.25) is 11.8 Å². The summed E-state index contributed by atoms with van der Waals surface area (Å²) in [6, 6.07) is 3.93. The number of amides is 3. The van der Waals surface area contributed by atoms with Crippen LogP contribution in [-0.4, -0.2) is 53.1 Å². The van der Waals surface area contributed by atoms with Crippen LogP contribution in [0.15, 0.2) is 18.2 Å². The number of alkyl carbamates (subject to hydrolysis) is 1. The van der Waals surface area contributed by atoms with E-state index >= 15 is 0 Å². The molecule has 8 heteroatoms. The monoisotopic (exact) mass is 421 g/mol. The van der Waals surface area contributed by atoms with E-state index in [1.54, 1.807) is 45.9 Å². The fourth-order valence-corrected chi connectivity index (χ4v) is 2.99. The van der Waals surface area contributed by atoms with E-state index in [9.17, 15) is 19.5 Å². The summed E-state index contributed by atoms with van der Waals surface area (Å²) in [5.74, 6) is -0.935. The maximum Gasteiger partial charge on any atom is 0.408 e. The van der Waals surface area contributed by atoms with Gasteiger partial charge in [0.25, 0.3) is 0 Å². The quantitative estimate of drug-likeness (QED) is 0.598. The Morgan fingerprint density at radius 2 is 1.87 bits per heavy atom. The van der Waals surface area contributed by atoms with Crippen LogP contribution in [0.2, 0.25) is 0 Å². The Labute approximate surface area is 179 Å². The zero-order chi connectivity index (χ0) is 23.1. The van der Waals surface area contributed by atoms with Crippen molar-refractivity contribution < 1.29 is 24.2 Å². The van der Waals surface area contributed by atoms with Crippen LogP contribution in [-0.2, 0) is 14.3 Å². The lowest BCUT2D eigenvalue weighted by atomic mass is 10.00. The van der Waals surface area contributed by atoms with E-state index in [0.717, 1.165) is 12.8 Å². The van der Waals surface area contributed by atoms with Crippen molar-refractivity contribution in [2.24, 2.45) is 0 Å². The van der Waals surface area contributed by atoms with Gasteiger partial charge in [-0.1, -0.05) is 31.5 Å². The molecule has 0 aliphatic rings. The SMILES string of the molecule is CCCC(C)NC(=O)C(c1cccc(C)c1O)N(C)C(=O)CNC(=O)OC(C)(C)C. The van der Waals surface area contributed by atoms with Gasteiger partial charge in [-0.15, -0.1) is 0 Å². The van der Waals surface area contributed by atoms with Crippen molar-refractivity contribution in [1.82, 2.24) is 15.5 Å². The van der Waals surface area contributed by atoms with Crippen molar-refractivity contribution >= 4 is 17.9 Å². The fraction of sp³-hybridized carbons (Fsp3) is 0.591. The van der Waals surface area contributed by atoms with Crippen LogP contribution in [0.4, 0.5) is 4.79 Å². The molecule has 1 aromatic rings. The third-order valence-corrected chi connectivity index (χ3v) is 4.49. The number of likely N-dealkylation sites (N-methyl/N-ethyl adjacent to an activating group) is 1. The molecule has 168 valence electrons. The lowest BCUT2D eigenvalue weighted by Crippen LogP contribution is -2.47. The third-order valence-electron chi connectivity index (χ3n) is 4.49.